The van der Waals surface area contributed by atoms with Gasteiger partial charge in [0.1, 0.15) is 5.82 Å². The Hall–Kier alpha value is -3.49. The van der Waals surface area contributed by atoms with E-state index in [-0.39, 0.29) is 10.8 Å². The molecule has 0 spiro atoms. The van der Waals surface area contributed by atoms with Crippen molar-refractivity contribution in [3.8, 4) is 0 Å². The van der Waals surface area contributed by atoms with Crippen LogP contribution >= 0.6 is 0 Å². The SMILES string of the molecule is O=C(Nc1ccc([N+](=O)[O-])cc1F)C(F)(F)c1ccc(F)c2ccccc12. The largest absolute Gasteiger partial charge is 0.350 e. The number of carbonyl (C=O) groups is 1. The van der Waals surface area contributed by atoms with Crippen LogP contribution in [0.5, 0.6) is 0 Å². The highest BCUT2D eigenvalue weighted by atomic mass is 19.3. The first kappa shape index (κ1) is 18.3. The molecule has 3 aromatic rings. The van der Waals surface area contributed by atoms with Crippen molar-refractivity contribution in [1.29, 1.82) is 0 Å². The summed E-state index contributed by atoms with van der Waals surface area (Å²) >= 11 is 0. The van der Waals surface area contributed by atoms with Crippen LogP contribution in [0.15, 0.2) is 54.6 Å². The molecule has 0 bridgehead atoms. The third kappa shape index (κ3) is 3.31. The average molecular weight is 378 g/mol. The molecule has 0 aliphatic carbocycles. The highest BCUT2D eigenvalue weighted by molar-refractivity contribution is 6.00. The van der Waals surface area contributed by atoms with E-state index >= 15 is 0 Å². The molecule has 0 fully saturated rings. The van der Waals surface area contributed by atoms with Crippen LogP contribution < -0.4 is 5.32 Å². The fraction of sp³-hybridized carbons (Fsp3) is 0.0556. The number of alkyl halides is 2. The van der Waals surface area contributed by atoms with Gasteiger partial charge in [-0.1, -0.05) is 24.3 Å². The van der Waals surface area contributed by atoms with E-state index in [0.717, 1.165) is 24.3 Å². The Balaban J connectivity index is 1.97. The number of non-ortho nitro benzene ring substituents is 1. The molecule has 0 atom stereocenters. The highest BCUT2D eigenvalue weighted by Crippen LogP contribution is 2.36. The maximum Gasteiger partial charge on any atom is 0.350 e. The van der Waals surface area contributed by atoms with Gasteiger partial charge in [-0.3, -0.25) is 14.9 Å². The Bertz CT molecular complexity index is 1070. The molecule has 0 saturated carbocycles. The van der Waals surface area contributed by atoms with Crippen molar-refractivity contribution in [2.45, 2.75) is 5.92 Å². The molecule has 5 nitrogen and oxygen atoms in total. The minimum Gasteiger partial charge on any atom is -0.318 e. The molecule has 9 heteroatoms. The lowest BCUT2D eigenvalue weighted by molar-refractivity contribution is -0.385. The number of hydrogen-bond donors (Lipinski definition) is 1. The van der Waals surface area contributed by atoms with Crippen LogP contribution in [-0.2, 0) is 10.7 Å². The Kier molecular flexibility index (Phi) is 4.52. The molecule has 0 aromatic heterocycles. The van der Waals surface area contributed by atoms with E-state index in [4.69, 9.17) is 0 Å². The van der Waals surface area contributed by atoms with E-state index in [1.165, 1.54) is 24.3 Å². The molecule has 1 N–H and O–H groups in total. The maximum atomic E-state index is 14.7. The summed E-state index contributed by atoms with van der Waals surface area (Å²) < 4.78 is 57.0. The van der Waals surface area contributed by atoms with Crippen molar-refractivity contribution in [3.63, 3.8) is 0 Å². The van der Waals surface area contributed by atoms with Gasteiger partial charge in [-0.25, -0.2) is 8.78 Å². The minimum absolute atomic E-state index is 0.0935. The van der Waals surface area contributed by atoms with E-state index in [1.54, 1.807) is 5.32 Å². The van der Waals surface area contributed by atoms with Crippen LogP contribution in [0.25, 0.3) is 10.8 Å². The fourth-order valence-electron chi connectivity index (χ4n) is 2.58. The van der Waals surface area contributed by atoms with Crippen molar-refractivity contribution >= 4 is 28.1 Å². The number of amides is 1. The van der Waals surface area contributed by atoms with Crippen molar-refractivity contribution in [2.75, 3.05) is 5.32 Å². The number of benzene rings is 3. The van der Waals surface area contributed by atoms with Crippen LogP contribution in [0.2, 0.25) is 0 Å². The molecule has 0 radical (unpaired) electrons. The van der Waals surface area contributed by atoms with E-state index in [2.05, 4.69) is 0 Å². The third-order valence-electron chi connectivity index (χ3n) is 3.91. The highest BCUT2D eigenvalue weighted by Gasteiger charge is 2.42. The molecule has 0 aliphatic heterocycles. The number of nitrogens with zero attached hydrogens (tertiary/aromatic N) is 1. The van der Waals surface area contributed by atoms with E-state index in [9.17, 15) is 32.5 Å². The minimum atomic E-state index is -4.11. The van der Waals surface area contributed by atoms with Gasteiger partial charge < -0.3 is 5.32 Å². The second-order valence-corrected chi connectivity index (χ2v) is 5.59. The van der Waals surface area contributed by atoms with Gasteiger partial charge in [-0.15, -0.1) is 0 Å². The summed E-state index contributed by atoms with van der Waals surface area (Å²) in [6.07, 6.45) is 0. The molecule has 3 aromatic carbocycles. The van der Waals surface area contributed by atoms with Gasteiger partial charge in [-0.2, -0.15) is 8.78 Å². The maximum absolute atomic E-state index is 14.7. The van der Waals surface area contributed by atoms with E-state index in [1.807, 2.05) is 0 Å². The molecule has 0 heterocycles. The van der Waals surface area contributed by atoms with Crippen LogP contribution in [0, 0.1) is 21.7 Å². The number of nitrogens with one attached hydrogen (secondary N) is 1. The van der Waals surface area contributed by atoms with Gasteiger partial charge >= 0.3 is 5.92 Å². The molecule has 3 rings (SSSR count). The van der Waals surface area contributed by atoms with Gasteiger partial charge in [-0.05, 0) is 23.6 Å². The van der Waals surface area contributed by atoms with Crippen molar-refractivity contribution in [3.05, 3.63) is 81.9 Å². The summed E-state index contributed by atoms with van der Waals surface area (Å²) in [7, 11) is 0. The van der Waals surface area contributed by atoms with Gasteiger partial charge in [0.2, 0.25) is 0 Å². The lowest BCUT2D eigenvalue weighted by atomic mass is 9.98. The summed E-state index contributed by atoms with van der Waals surface area (Å²) in [6, 6.07) is 9.17. The Labute approximate surface area is 149 Å². The van der Waals surface area contributed by atoms with Gasteiger partial charge in [0.25, 0.3) is 11.6 Å². The predicted molar refractivity (Wildman–Crippen MR) is 89.5 cm³/mol. The number of fused-ring (bicyclic) bond motifs is 1. The van der Waals surface area contributed by atoms with Gasteiger partial charge in [0.15, 0.2) is 5.82 Å². The average Bonchev–Trinajstić information content (AvgIpc) is 2.63. The quantitative estimate of drug-likeness (QED) is 0.404. The molecule has 0 aliphatic rings. The number of carbonyl (C=O) groups excluding carboxylic acids is 1. The standard InChI is InChI=1S/C18H10F4N2O3/c19-14-7-6-13(11-3-1-2-4-12(11)14)18(21,22)17(25)23-16-8-5-10(24(26)27)9-15(16)20/h1-9H,(H,23,25). The number of nitro benzene ring substituents is 1. The molecular weight excluding hydrogens is 368 g/mol. The Morgan fingerprint density at radius 1 is 0.963 bits per heavy atom. The van der Waals surface area contributed by atoms with Gasteiger partial charge in [0, 0.05) is 17.0 Å². The number of halogens is 4. The Morgan fingerprint density at radius 2 is 1.63 bits per heavy atom. The van der Waals surface area contributed by atoms with Crippen molar-refractivity contribution in [2.24, 2.45) is 0 Å². The second-order valence-electron chi connectivity index (χ2n) is 5.59. The smallest absolute Gasteiger partial charge is 0.318 e. The summed E-state index contributed by atoms with van der Waals surface area (Å²) in [4.78, 5) is 21.8. The van der Waals surface area contributed by atoms with Crippen LogP contribution in [0.1, 0.15) is 5.56 Å². The van der Waals surface area contributed by atoms with Crippen LogP contribution in [0.3, 0.4) is 0 Å². The number of rotatable bonds is 4. The molecule has 0 saturated heterocycles. The van der Waals surface area contributed by atoms with E-state index in [0.29, 0.717) is 6.07 Å². The number of nitro groups is 1. The molecule has 27 heavy (non-hydrogen) atoms. The lowest BCUT2D eigenvalue weighted by Crippen LogP contribution is -2.32. The first-order chi connectivity index (χ1) is 12.7. The lowest BCUT2D eigenvalue weighted by Gasteiger charge is -2.18. The first-order valence-electron chi connectivity index (χ1n) is 7.52. The van der Waals surface area contributed by atoms with Gasteiger partial charge in [0.05, 0.1) is 16.7 Å². The summed E-state index contributed by atoms with van der Waals surface area (Å²) in [5.74, 6) is -7.93. The Morgan fingerprint density at radius 3 is 2.26 bits per heavy atom. The van der Waals surface area contributed by atoms with Crippen LogP contribution in [0.4, 0.5) is 28.9 Å². The first-order valence-corrected chi connectivity index (χ1v) is 7.52. The van der Waals surface area contributed by atoms with E-state index < -0.39 is 45.3 Å². The molecule has 0 unspecified atom stereocenters. The zero-order chi connectivity index (χ0) is 19.8. The zero-order valence-electron chi connectivity index (χ0n) is 13.4. The zero-order valence-corrected chi connectivity index (χ0v) is 13.4. The summed E-state index contributed by atoms with van der Waals surface area (Å²) in [5, 5.41) is 12.0. The molecular formula is C18H10F4N2O3. The number of anilines is 1. The normalized spacial score (nSPS) is 11.4. The topological polar surface area (TPSA) is 72.2 Å². The third-order valence-corrected chi connectivity index (χ3v) is 3.91. The summed E-state index contributed by atoms with van der Waals surface area (Å²) in [6.45, 7) is 0. The summed E-state index contributed by atoms with van der Waals surface area (Å²) in [5.41, 5.74) is -1.99. The van der Waals surface area contributed by atoms with Crippen LogP contribution in [-0.4, -0.2) is 10.8 Å². The number of hydrogen-bond acceptors (Lipinski definition) is 3. The van der Waals surface area contributed by atoms with Crippen molar-refractivity contribution in [1.82, 2.24) is 0 Å². The molecule has 138 valence electrons. The van der Waals surface area contributed by atoms with Crippen molar-refractivity contribution < 1.29 is 27.3 Å². The monoisotopic (exact) mass is 378 g/mol. The predicted octanol–water partition coefficient (Wildman–Crippen LogP) is 4.76. The second kappa shape index (κ2) is 6.67. The fourth-order valence-corrected chi connectivity index (χ4v) is 2.58. The molecule has 1 amide bonds.